The zero-order valence-electron chi connectivity index (χ0n) is 7.80. The molecule has 1 aliphatic carbocycles. The Bertz CT molecular complexity index is 351. The summed E-state index contributed by atoms with van der Waals surface area (Å²) in [6, 6.07) is 6.00. The summed E-state index contributed by atoms with van der Waals surface area (Å²) in [6.45, 7) is 1.78. The molecule has 0 radical (unpaired) electrons. The van der Waals surface area contributed by atoms with E-state index in [9.17, 15) is 0 Å². The number of benzene rings is 1. The molecule has 0 spiro atoms. The molecule has 1 aliphatic rings. The van der Waals surface area contributed by atoms with Crippen molar-refractivity contribution in [1.29, 1.82) is 5.41 Å². The van der Waals surface area contributed by atoms with Crippen molar-refractivity contribution in [1.82, 2.24) is 0 Å². The first-order valence-electron chi connectivity index (χ1n) is 4.64. The Morgan fingerprint density at radius 2 is 2.15 bits per heavy atom. The average molecular weight is 174 g/mol. The van der Waals surface area contributed by atoms with Crippen LogP contribution in [0.5, 0.6) is 0 Å². The van der Waals surface area contributed by atoms with Gasteiger partial charge in [0.15, 0.2) is 0 Å². The summed E-state index contributed by atoms with van der Waals surface area (Å²) >= 11 is 0. The van der Waals surface area contributed by atoms with Crippen molar-refractivity contribution >= 4 is 11.4 Å². The lowest BCUT2D eigenvalue weighted by Gasteiger charge is -2.08. The van der Waals surface area contributed by atoms with Crippen LogP contribution in [0.2, 0.25) is 0 Å². The zero-order chi connectivity index (χ0) is 9.42. The standard InChI is InChI=1S/C11H14N2/c1-7(12)9-3-2-4-10(11(9)13)8-5-6-8/h2-4,8,12H,5-6,13H2,1H3. The molecule has 3 N–H and O–H groups in total. The van der Waals surface area contributed by atoms with Gasteiger partial charge in [0.2, 0.25) is 0 Å². The van der Waals surface area contributed by atoms with E-state index >= 15 is 0 Å². The Kier molecular flexibility index (Phi) is 1.83. The number of anilines is 1. The fourth-order valence-electron chi connectivity index (χ4n) is 1.66. The number of nitrogens with one attached hydrogen (secondary N) is 1. The first-order chi connectivity index (χ1) is 6.20. The molecule has 2 nitrogen and oxygen atoms in total. The van der Waals surface area contributed by atoms with Crippen LogP contribution in [0.15, 0.2) is 18.2 Å². The molecule has 13 heavy (non-hydrogen) atoms. The molecule has 68 valence electrons. The van der Waals surface area contributed by atoms with Crippen LogP contribution in [0, 0.1) is 5.41 Å². The minimum atomic E-state index is 0.556. The monoisotopic (exact) mass is 174 g/mol. The number of hydrogen-bond donors (Lipinski definition) is 2. The van der Waals surface area contributed by atoms with Gasteiger partial charge in [-0.15, -0.1) is 0 Å². The Hall–Kier alpha value is -1.31. The van der Waals surface area contributed by atoms with Crippen LogP contribution in [-0.2, 0) is 0 Å². The number of hydrogen-bond acceptors (Lipinski definition) is 2. The lowest BCUT2D eigenvalue weighted by atomic mass is 10.0. The van der Waals surface area contributed by atoms with Crippen molar-refractivity contribution in [3.63, 3.8) is 0 Å². The van der Waals surface area contributed by atoms with Crippen molar-refractivity contribution in [2.24, 2.45) is 0 Å². The van der Waals surface area contributed by atoms with Crippen molar-refractivity contribution in [3.05, 3.63) is 29.3 Å². The lowest BCUT2D eigenvalue weighted by Crippen LogP contribution is -2.02. The number of nitrogens with two attached hydrogens (primary N) is 1. The smallest absolute Gasteiger partial charge is 0.0441 e. The minimum absolute atomic E-state index is 0.556. The molecule has 1 aromatic carbocycles. The van der Waals surface area contributed by atoms with Gasteiger partial charge in [-0.2, -0.15) is 0 Å². The topological polar surface area (TPSA) is 49.9 Å². The highest BCUT2D eigenvalue weighted by Crippen LogP contribution is 2.43. The Morgan fingerprint density at radius 1 is 1.46 bits per heavy atom. The second-order valence-corrected chi connectivity index (χ2v) is 3.71. The van der Waals surface area contributed by atoms with Crippen LogP contribution < -0.4 is 5.73 Å². The molecule has 0 aliphatic heterocycles. The van der Waals surface area contributed by atoms with Crippen LogP contribution in [0.3, 0.4) is 0 Å². The fourth-order valence-corrected chi connectivity index (χ4v) is 1.66. The third-order valence-electron chi connectivity index (χ3n) is 2.56. The van der Waals surface area contributed by atoms with E-state index in [4.69, 9.17) is 11.1 Å². The van der Waals surface area contributed by atoms with E-state index in [2.05, 4.69) is 6.07 Å². The largest absolute Gasteiger partial charge is 0.398 e. The second kappa shape index (κ2) is 2.87. The molecule has 2 rings (SSSR count). The zero-order valence-corrected chi connectivity index (χ0v) is 7.80. The van der Waals surface area contributed by atoms with Gasteiger partial charge in [-0.05, 0) is 31.2 Å². The third kappa shape index (κ3) is 1.44. The first-order valence-corrected chi connectivity index (χ1v) is 4.64. The number of nitrogen functional groups attached to an aromatic ring is 1. The van der Waals surface area contributed by atoms with Crippen LogP contribution in [0.1, 0.15) is 36.8 Å². The van der Waals surface area contributed by atoms with Crippen LogP contribution in [-0.4, -0.2) is 5.71 Å². The van der Waals surface area contributed by atoms with Crippen molar-refractivity contribution < 1.29 is 0 Å². The Morgan fingerprint density at radius 3 is 2.69 bits per heavy atom. The predicted molar refractivity (Wildman–Crippen MR) is 55.3 cm³/mol. The molecule has 0 heterocycles. The molecule has 1 saturated carbocycles. The van der Waals surface area contributed by atoms with Crippen LogP contribution in [0.4, 0.5) is 5.69 Å². The van der Waals surface area contributed by atoms with Gasteiger partial charge in [-0.1, -0.05) is 18.2 Å². The Balaban J connectivity index is 2.47. The van der Waals surface area contributed by atoms with Gasteiger partial charge in [0.25, 0.3) is 0 Å². The predicted octanol–water partition coefficient (Wildman–Crippen LogP) is 2.53. The molecule has 0 aromatic heterocycles. The summed E-state index contributed by atoms with van der Waals surface area (Å²) in [5.74, 6) is 0.666. The highest BCUT2D eigenvalue weighted by Gasteiger charge is 2.26. The van der Waals surface area contributed by atoms with E-state index in [-0.39, 0.29) is 0 Å². The quantitative estimate of drug-likeness (QED) is 0.525. The first kappa shape index (κ1) is 8.30. The average Bonchev–Trinajstić information content (AvgIpc) is 2.87. The summed E-state index contributed by atoms with van der Waals surface area (Å²) in [4.78, 5) is 0. The van der Waals surface area contributed by atoms with Crippen LogP contribution >= 0.6 is 0 Å². The summed E-state index contributed by atoms with van der Waals surface area (Å²) in [5.41, 5.74) is 9.49. The normalized spacial score (nSPS) is 15.8. The molecule has 1 fully saturated rings. The van der Waals surface area contributed by atoms with E-state index in [1.165, 1.54) is 18.4 Å². The van der Waals surface area contributed by atoms with Crippen LogP contribution in [0.25, 0.3) is 0 Å². The lowest BCUT2D eigenvalue weighted by molar-refractivity contribution is 1.13. The highest BCUT2D eigenvalue weighted by molar-refractivity contribution is 6.01. The summed E-state index contributed by atoms with van der Waals surface area (Å²) in [6.07, 6.45) is 2.51. The maximum absolute atomic E-state index is 7.55. The van der Waals surface area contributed by atoms with Gasteiger partial charge in [-0.25, -0.2) is 0 Å². The molecule has 0 amide bonds. The summed E-state index contributed by atoms with van der Waals surface area (Å²) < 4.78 is 0. The van der Waals surface area contributed by atoms with Gasteiger partial charge in [0.05, 0.1) is 0 Å². The summed E-state index contributed by atoms with van der Waals surface area (Å²) in [5, 5.41) is 7.55. The van der Waals surface area contributed by atoms with E-state index in [0.717, 1.165) is 11.3 Å². The number of rotatable bonds is 2. The maximum Gasteiger partial charge on any atom is 0.0441 e. The van der Waals surface area contributed by atoms with Crippen molar-refractivity contribution in [2.75, 3.05) is 5.73 Å². The van der Waals surface area contributed by atoms with Gasteiger partial charge >= 0.3 is 0 Å². The maximum atomic E-state index is 7.55. The second-order valence-electron chi connectivity index (χ2n) is 3.71. The molecule has 0 saturated heterocycles. The molecule has 0 atom stereocenters. The summed E-state index contributed by atoms with van der Waals surface area (Å²) in [7, 11) is 0. The molecule has 2 heteroatoms. The van der Waals surface area contributed by atoms with E-state index in [0.29, 0.717) is 11.6 Å². The van der Waals surface area contributed by atoms with E-state index in [1.807, 2.05) is 12.1 Å². The van der Waals surface area contributed by atoms with E-state index < -0.39 is 0 Å². The third-order valence-corrected chi connectivity index (χ3v) is 2.56. The van der Waals surface area contributed by atoms with Gasteiger partial charge in [-0.3, -0.25) is 0 Å². The Labute approximate surface area is 78.3 Å². The molecule has 1 aromatic rings. The SMILES string of the molecule is CC(=N)c1cccc(C2CC2)c1N. The molecular formula is C11H14N2. The van der Waals surface area contributed by atoms with Crippen molar-refractivity contribution in [2.45, 2.75) is 25.7 Å². The van der Waals surface area contributed by atoms with Gasteiger partial charge in [0.1, 0.15) is 0 Å². The molecule has 0 bridgehead atoms. The minimum Gasteiger partial charge on any atom is -0.398 e. The fraction of sp³-hybridized carbons (Fsp3) is 0.364. The number of para-hydroxylation sites is 1. The molecular weight excluding hydrogens is 160 g/mol. The van der Waals surface area contributed by atoms with Gasteiger partial charge < -0.3 is 11.1 Å². The molecule has 0 unspecified atom stereocenters. The highest BCUT2D eigenvalue weighted by atomic mass is 14.6. The van der Waals surface area contributed by atoms with E-state index in [1.54, 1.807) is 6.92 Å². The van der Waals surface area contributed by atoms with Crippen molar-refractivity contribution in [3.8, 4) is 0 Å². The van der Waals surface area contributed by atoms with Gasteiger partial charge in [0, 0.05) is 17.0 Å².